The van der Waals surface area contributed by atoms with E-state index in [2.05, 4.69) is 26.0 Å². The zero-order chi connectivity index (χ0) is 15.9. The molecule has 0 atom stereocenters. The van der Waals surface area contributed by atoms with Crippen LogP contribution in [0.25, 0.3) is 0 Å². The lowest BCUT2D eigenvalue weighted by Gasteiger charge is -2.12. The molecule has 0 saturated heterocycles. The average molecular weight is 372 g/mol. The number of para-hydroxylation sites is 3. The molecule has 0 fully saturated rings. The summed E-state index contributed by atoms with van der Waals surface area (Å²) in [5, 5.41) is 2.47. The van der Waals surface area contributed by atoms with Crippen LogP contribution in [0.4, 0.5) is 14.5 Å². The molecule has 0 aliphatic rings. The topological polar surface area (TPSA) is 47.6 Å². The third-order valence-electron chi connectivity index (χ3n) is 2.57. The number of amides is 1. The maximum absolute atomic E-state index is 12.3. The molecule has 2 rings (SSSR count). The van der Waals surface area contributed by atoms with E-state index >= 15 is 0 Å². The monoisotopic (exact) mass is 371 g/mol. The molecule has 2 aromatic carbocycles. The van der Waals surface area contributed by atoms with Crippen LogP contribution in [0.3, 0.4) is 0 Å². The number of halogens is 3. The van der Waals surface area contributed by atoms with E-state index in [0.29, 0.717) is 10.2 Å². The van der Waals surface area contributed by atoms with E-state index in [1.54, 1.807) is 24.3 Å². The van der Waals surface area contributed by atoms with Gasteiger partial charge in [0.15, 0.2) is 6.61 Å². The molecule has 1 amide bonds. The molecule has 0 radical (unpaired) electrons. The molecule has 0 bridgehead atoms. The van der Waals surface area contributed by atoms with Gasteiger partial charge in [0.25, 0.3) is 5.91 Å². The van der Waals surface area contributed by atoms with Crippen LogP contribution in [0.5, 0.6) is 11.5 Å². The molecule has 116 valence electrons. The number of rotatable bonds is 6. The van der Waals surface area contributed by atoms with Crippen molar-refractivity contribution in [3.05, 3.63) is 53.0 Å². The lowest BCUT2D eigenvalue weighted by atomic mass is 10.3. The second-order valence-electron chi connectivity index (χ2n) is 4.14. The number of hydrogen-bond donors (Lipinski definition) is 1. The van der Waals surface area contributed by atoms with Gasteiger partial charge in [-0.3, -0.25) is 4.79 Å². The summed E-state index contributed by atoms with van der Waals surface area (Å²) in [4.78, 5) is 11.8. The van der Waals surface area contributed by atoms with Gasteiger partial charge in [-0.25, -0.2) is 0 Å². The standard InChI is InChI=1S/C15H12BrF2NO3/c16-10-5-1-3-7-12(10)21-9-14(20)19-11-6-2-4-8-13(11)22-15(17)18/h1-8,15H,9H2,(H,19,20). The van der Waals surface area contributed by atoms with Gasteiger partial charge in [-0.15, -0.1) is 0 Å². The van der Waals surface area contributed by atoms with Crippen molar-refractivity contribution in [3.8, 4) is 11.5 Å². The highest BCUT2D eigenvalue weighted by molar-refractivity contribution is 9.10. The summed E-state index contributed by atoms with van der Waals surface area (Å²) in [7, 11) is 0. The largest absolute Gasteiger partial charge is 0.483 e. The molecule has 0 aliphatic carbocycles. The summed E-state index contributed by atoms with van der Waals surface area (Å²) in [5.41, 5.74) is 0.156. The van der Waals surface area contributed by atoms with Crippen molar-refractivity contribution in [2.45, 2.75) is 6.61 Å². The van der Waals surface area contributed by atoms with Gasteiger partial charge >= 0.3 is 6.61 Å². The van der Waals surface area contributed by atoms with E-state index in [-0.39, 0.29) is 18.0 Å². The van der Waals surface area contributed by atoms with E-state index in [0.717, 1.165) is 0 Å². The van der Waals surface area contributed by atoms with Crippen LogP contribution in [0.15, 0.2) is 53.0 Å². The van der Waals surface area contributed by atoms with Crippen molar-refractivity contribution >= 4 is 27.5 Å². The van der Waals surface area contributed by atoms with E-state index < -0.39 is 12.5 Å². The number of benzene rings is 2. The summed E-state index contributed by atoms with van der Waals surface area (Å²) < 4.78 is 35.0. The van der Waals surface area contributed by atoms with Gasteiger partial charge in [0.2, 0.25) is 0 Å². The Kier molecular flexibility index (Phi) is 5.71. The minimum atomic E-state index is -2.96. The lowest BCUT2D eigenvalue weighted by Crippen LogP contribution is -2.21. The Bertz CT molecular complexity index is 652. The van der Waals surface area contributed by atoms with Gasteiger partial charge in [-0.2, -0.15) is 8.78 Å². The van der Waals surface area contributed by atoms with Crippen molar-refractivity contribution in [3.63, 3.8) is 0 Å². The second-order valence-corrected chi connectivity index (χ2v) is 5.00. The van der Waals surface area contributed by atoms with Gasteiger partial charge in [0, 0.05) is 0 Å². The molecule has 7 heteroatoms. The van der Waals surface area contributed by atoms with Gasteiger partial charge in [0.1, 0.15) is 11.5 Å². The van der Waals surface area contributed by atoms with Crippen molar-refractivity contribution in [1.29, 1.82) is 0 Å². The third-order valence-corrected chi connectivity index (χ3v) is 3.23. The molecule has 0 aromatic heterocycles. The Labute approximate surface area is 134 Å². The lowest BCUT2D eigenvalue weighted by molar-refractivity contribution is -0.118. The summed E-state index contributed by atoms with van der Waals surface area (Å²) >= 11 is 3.29. The summed E-state index contributed by atoms with van der Waals surface area (Å²) in [6.45, 7) is -3.22. The van der Waals surface area contributed by atoms with Crippen LogP contribution < -0.4 is 14.8 Å². The number of carbonyl (C=O) groups excluding carboxylic acids is 1. The van der Waals surface area contributed by atoms with E-state index in [1.165, 1.54) is 18.2 Å². The van der Waals surface area contributed by atoms with Crippen LogP contribution in [0.2, 0.25) is 0 Å². The fourth-order valence-electron chi connectivity index (χ4n) is 1.66. The molecule has 0 unspecified atom stereocenters. The van der Waals surface area contributed by atoms with Gasteiger partial charge in [-0.05, 0) is 40.2 Å². The fraction of sp³-hybridized carbons (Fsp3) is 0.133. The van der Waals surface area contributed by atoms with Crippen LogP contribution in [-0.4, -0.2) is 19.1 Å². The zero-order valence-electron chi connectivity index (χ0n) is 11.3. The van der Waals surface area contributed by atoms with Crippen molar-refractivity contribution in [1.82, 2.24) is 0 Å². The Morgan fingerprint density at radius 1 is 1.09 bits per heavy atom. The van der Waals surface area contributed by atoms with Crippen molar-refractivity contribution in [2.75, 3.05) is 11.9 Å². The molecule has 22 heavy (non-hydrogen) atoms. The molecule has 4 nitrogen and oxygen atoms in total. The summed E-state index contributed by atoms with van der Waals surface area (Å²) in [5.74, 6) is -0.0809. The van der Waals surface area contributed by atoms with Gasteiger partial charge in [-0.1, -0.05) is 24.3 Å². The minimum absolute atomic E-state index is 0.105. The molecule has 1 N–H and O–H groups in total. The maximum Gasteiger partial charge on any atom is 0.387 e. The predicted molar refractivity (Wildman–Crippen MR) is 81.3 cm³/mol. The highest BCUT2D eigenvalue weighted by atomic mass is 79.9. The van der Waals surface area contributed by atoms with E-state index in [9.17, 15) is 13.6 Å². The Morgan fingerprint density at radius 3 is 2.41 bits per heavy atom. The summed E-state index contributed by atoms with van der Waals surface area (Å²) in [6.07, 6.45) is 0. The first-order valence-corrected chi connectivity index (χ1v) is 7.06. The first kappa shape index (κ1) is 16.2. The highest BCUT2D eigenvalue weighted by Gasteiger charge is 2.12. The van der Waals surface area contributed by atoms with E-state index in [1.807, 2.05) is 6.07 Å². The second kappa shape index (κ2) is 7.74. The van der Waals surface area contributed by atoms with Crippen molar-refractivity contribution in [2.24, 2.45) is 0 Å². The average Bonchev–Trinajstić information content (AvgIpc) is 2.48. The van der Waals surface area contributed by atoms with Crippen LogP contribution in [-0.2, 0) is 4.79 Å². The number of hydrogen-bond acceptors (Lipinski definition) is 3. The third kappa shape index (κ3) is 4.70. The number of ether oxygens (including phenoxy) is 2. The Balaban J connectivity index is 1.96. The van der Waals surface area contributed by atoms with Gasteiger partial charge < -0.3 is 14.8 Å². The van der Waals surface area contributed by atoms with Crippen molar-refractivity contribution < 1.29 is 23.0 Å². The molecule has 0 aliphatic heterocycles. The number of nitrogens with one attached hydrogen (secondary N) is 1. The molecular formula is C15H12BrF2NO3. The summed E-state index contributed by atoms with van der Waals surface area (Å²) in [6, 6.07) is 13.0. The molecular weight excluding hydrogens is 360 g/mol. The maximum atomic E-state index is 12.3. The predicted octanol–water partition coefficient (Wildman–Crippen LogP) is 4.07. The number of alkyl halides is 2. The molecule has 2 aromatic rings. The molecule has 0 heterocycles. The van der Waals surface area contributed by atoms with Crippen LogP contribution in [0, 0.1) is 0 Å². The fourth-order valence-corrected chi connectivity index (χ4v) is 2.06. The zero-order valence-corrected chi connectivity index (χ0v) is 12.8. The molecule has 0 saturated carbocycles. The molecule has 0 spiro atoms. The number of anilines is 1. The first-order chi connectivity index (χ1) is 10.6. The van der Waals surface area contributed by atoms with Crippen LogP contribution in [0.1, 0.15) is 0 Å². The minimum Gasteiger partial charge on any atom is -0.483 e. The quantitative estimate of drug-likeness (QED) is 0.832. The Hall–Kier alpha value is -2.15. The van der Waals surface area contributed by atoms with Gasteiger partial charge in [0.05, 0.1) is 10.2 Å². The van der Waals surface area contributed by atoms with E-state index in [4.69, 9.17) is 4.74 Å². The number of carbonyl (C=O) groups is 1. The highest BCUT2D eigenvalue weighted by Crippen LogP contribution is 2.26. The Morgan fingerprint density at radius 2 is 1.73 bits per heavy atom. The SMILES string of the molecule is O=C(COc1ccccc1Br)Nc1ccccc1OC(F)F. The smallest absolute Gasteiger partial charge is 0.387 e. The normalized spacial score (nSPS) is 10.4. The van der Waals surface area contributed by atoms with Crippen LogP contribution >= 0.6 is 15.9 Å². The first-order valence-electron chi connectivity index (χ1n) is 6.27.